The van der Waals surface area contributed by atoms with Crippen molar-refractivity contribution in [3.05, 3.63) is 0 Å². The minimum absolute atomic E-state index is 0.0533. The highest BCUT2D eigenvalue weighted by atomic mass is 28.3. The van der Waals surface area contributed by atoms with Crippen LogP contribution in [0.25, 0.3) is 0 Å². The standard InChI is InChI=1S/C12H27NOSi/c1-6-11(2,3)13-12(15(4)5)9-7-8-10-14-12/h13,15H,6-10H2,1-5H3. The normalized spacial score (nSPS) is 28.4. The Morgan fingerprint density at radius 1 is 1.33 bits per heavy atom. The molecule has 1 fully saturated rings. The zero-order valence-electron chi connectivity index (χ0n) is 11.0. The second-order valence-electron chi connectivity index (χ2n) is 5.71. The maximum Gasteiger partial charge on any atom is 0.101 e. The molecule has 1 aliphatic heterocycles. The molecule has 0 aliphatic carbocycles. The highest BCUT2D eigenvalue weighted by Gasteiger charge is 2.40. The molecule has 1 unspecified atom stereocenters. The Hall–Kier alpha value is 0.137. The van der Waals surface area contributed by atoms with Gasteiger partial charge in [0.05, 0.1) is 8.80 Å². The zero-order valence-corrected chi connectivity index (χ0v) is 12.2. The van der Waals surface area contributed by atoms with E-state index >= 15 is 0 Å². The van der Waals surface area contributed by atoms with Crippen LogP contribution < -0.4 is 5.32 Å². The lowest BCUT2D eigenvalue weighted by molar-refractivity contribution is -0.0613. The Labute approximate surface area is 96.4 Å². The maximum atomic E-state index is 6.12. The number of rotatable bonds is 4. The predicted molar refractivity (Wildman–Crippen MR) is 68.9 cm³/mol. The molecule has 1 atom stereocenters. The number of ether oxygens (including phenoxy) is 1. The predicted octanol–water partition coefficient (Wildman–Crippen LogP) is 2.69. The van der Waals surface area contributed by atoms with Gasteiger partial charge in [-0.05, 0) is 39.5 Å². The van der Waals surface area contributed by atoms with Gasteiger partial charge in [-0.3, -0.25) is 5.32 Å². The monoisotopic (exact) mass is 229 g/mol. The summed E-state index contributed by atoms with van der Waals surface area (Å²) in [5, 5.41) is 3.85. The smallest absolute Gasteiger partial charge is 0.101 e. The van der Waals surface area contributed by atoms with Crippen LogP contribution >= 0.6 is 0 Å². The molecule has 1 heterocycles. The van der Waals surface area contributed by atoms with E-state index in [1.165, 1.54) is 19.3 Å². The third-order valence-corrected chi connectivity index (χ3v) is 6.13. The van der Waals surface area contributed by atoms with Gasteiger partial charge < -0.3 is 4.74 Å². The average molecular weight is 229 g/mol. The molecule has 3 heteroatoms. The first-order chi connectivity index (χ1) is 6.92. The van der Waals surface area contributed by atoms with E-state index < -0.39 is 8.80 Å². The van der Waals surface area contributed by atoms with Crippen LogP contribution in [0.5, 0.6) is 0 Å². The Kier molecular flexibility index (Phi) is 4.38. The van der Waals surface area contributed by atoms with Crippen LogP contribution in [0.2, 0.25) is 13.1 Å². The van der Waals surface area contributed by atoms with Crippen LogP contribution in [-0.4, -0.2) is 26.3 Å². The molecular weight excluding hydrogens is 202 g/mol. The molecule has 0 aromatic rings. The van der Waals surface area contributed by atoms with Gasteiger partial charge in [-0.15, -0.1) is 0 Å². The fourth-order valence-electron chi connectivity index (χ4n) is 2.18. The van der Waals surface area contributed by atoms with Crippen LogP contribution in [0.3, 0.4) is 0 Å². The van der Waals surface area contributed by atoms with Gasteiger partial charge in [0.15, 0.2) is 0 Å². The van der Waals surface area contributed by atoms with Crippen molar-refractivity contribution in [1.82, 2.24) is 5.32 Å². The third kappa shape index (κ3) is 3.30. The topological polar surface area (TPSA) is 21.3 Å². The summed E-state index contributed by atoms with van der Waals surface area (Å²) in [6.07, 6.45) is 4.91. The van der Waals surface area contributed by atoms with E-state index in [4.69, 9.17) is 4.74 Å². The fourth-order valence-corrected chi connectivity index (χ4v) is 4.09. The zero-order chi connectivity index (χ0) is 11.5. The van der Waals surface area contributed by atoms with Crippen LogP contribution in [0.4, 0.5) is 0 Å². The van der Waals surface area contributed by atoms with Gasteiger partial charge in [0.25, 0.3) is 0 Å². The van der Waals surface area contributed by atoms with Crippen molar-refractivity contribution in [1.29, 1.82) is 0 Å². The fraction of sp³-hybridized carbons (Fsp3) is 1.00. The largest absolute Gasteiger partial charge is 0.364 e. The van der Waals surface area contributed by atoms with Gasteiger partial charge in [-0.2, -0.15) is 0 Å². The molecule has 0 bridgehead atoms. The van der Waals surface area contributed by atoms with Crippen LogP contribution in [0, 0.1) is 0 Å². The highest BCUT2D eigenvalue weighted by Crippen LogP contribution is 2.28. The Morgan fingerprint density at radius 3 is 2.40 bits per heavy atom. The van der Waals surface area contributed by atoms with E-state index in [2.05, 4.69) is 39.2 Å². The third-order valence-electron chi connectivity index (χ3n) is 3.67. The second kappa shape index (κ2) is 4.98. The van der Waals surface area contributed by atoms with Crippen molar-refractivity contribution in [3.63, 3.8) is 0 Å². The number of hydrogen-bond donors (Lipinski definition) is 1. The quantitative estimate of drug-likeness (QED) is 0.748. The molecule has 0 radical (unpaired) electrons. The molecule has 90 valence electrons. The molecule has 1 N–H and O–H groups in total. The Morgan fingerprint density at radius 2 is 2.00 bits per heavy atom. The molecule has 0 spiro atoms. The summed E-state index contributed by atoms with van der Waals surface area (Å²) in [7, 11) is -0.835. The van der Waals surface area contributed by atoms with Gasteiger partial charge in [0.2, 0.25) is 0 Å². The summed E-state index contributed by atoms with van der Waals surface area (Å²) in [5.74, 6) is 0. The Bertz CT molecular complexity index is 198. The first-order valence-corrected chi connectivity index (χ1v) is 9.24. The van der Waals surface area contributed by atoms with Crippen LogP contribution in [0.1, 0.15) is 46.5 Å². The van der Waals surface area contributed by atoms with Gasteiger partial charge in [0, 0.05) is 12.1 Å². The molecule has 0 aromatic heterocycles. The number of nitrogens with one attached hydrogen (secondary N) is 1. The summed E-state index contributed by atoms with van der Waals surface area (Å²) >= 11 is 0. The maximum absolute atomic E-state index is 6.12. The lowest BCUT2D eigenvalue weighted by Gasteiger charge is -2.46. The minimum atomic E-state index is -0.835. The molecule has 15 heavy (non-hydrogen) atoms. The average Bonchev–Trinajstić information content (AvgIpc) is 2.18. The van der Waals surface area contributed by atoms with Gasteiger partial charge in [0.1, 0.15) is 5.35 Å². The molecule has 1 saturated heterocycles. The molecule has 0 saturated carbocycles. The van der Waals surface area contributed by atoms with E-state index in [0.717, 1.165) is 13.0 Å². The van der Waals surface area contributed by atoms with Crippen LogP contribution in [-0.2, 0) is 4.74 Å². The molecule has 0 aromatic carbocycles. The van der Waals surface area contributed by atoms with E-state index in [1.807, 2.05) is 0 Å². The van der Waals surface area contributed by atoms with E-state index in [-0.39, 0.29) is 10.9 Å². The van der Waals surface area contributed by atoms with Gasteiger partial charge in [-0.25, -0.2) is 0 Å². The van der Waals surface area contributed by atoms with Crippen molar-refractivity contribution in [2.75, 3.05) is 6.61 Å². The van der Waals surface area contributed by atoms with E-state index in [1.54, 1.807) is 0 Å². The lowest BCUT2D eigenvalue weighted by atomic mass is 10.0. The molecule has 0 amide bonds. The first-order valence-electron chi connectivity index (χ1n) is 6.35. The van der Waals surface area contributed by atoms with Gasteiger partial charge in [-0.1, -0.05) is 20.0 Å². The van der Waals surface area contributed by atoms with Crippen molar-refractivity contribution in [2.24, 2.45) is 0 Å². The number of hydrogen-bond acceptors (Lipinski definition) is 2. The summed E-state index contributed by atoms with van der Waals surface area (Å²) in [5.41, 5.74) is 0.203. The summed E-state index contributed by atoms with van der Waals surface area (Å²) < 4.78 is 6.12. The van der Waals surface area contributed by atoms with E-state index in [9.17, 15) is 0 Å². The second-order valence-corrected chi connectivity index (χ2v) is 8.95. The van der Waals surface area contributed by atoms with Crippen LogP contribution in [0.15, 0.2) is 0 Å². The lowest BCUT2D eigenvalue weighted by Crippen LogP contribution is -2.64. The summed E-state index contributed by atoms with van der Waals surface area (Å²) in [4.78, 5) is 0. The van der Waals surface area contributed by atoms with Crippen molar-refractivity contribution >= 4 is 8.80 Å². The molecular formula is C12H27NOSi. The van der Waals surface area contributed by atoms with Crippen molar-refractivity contribution in [3.8, 4) is 0 Å². The SMILES string of the molecule is CCC(C)(C)NC1([SiH](C)C)CCCCO1. The van der Waals surface area contributed by atoms with Crippen molar-refractivity contribution < 1.29 is 4.74 Å². The summed E-state index contributed by atoms with van der Waals surface area (Å²) in [6, 6.07) is 0. The first kappa shape index (κ1) is 13.2. The highest BCUT2D eigenvalue weighted by molar-refractivity contribution is 6.59. The molecule has 1 aliphatic rings. The Balaban J connectivity index is 2.73. The van der Waals surface area contributed by atoms with E-state index in [0.29, 0.717) is 0 Å². The summed E-state index contributed by atoms with van der Waals surface area (Å²) in [6.45, 7) is 12.5. The van der Waals surface area contributed by atoms with Gasteiger partial charge >= 0.3 is 0 Å². The van der Waals surface area contributed by atoms with Crippen molar-refractivity contribution in [2.45, 2.75) is 70.4 Å². The minimum Gasteiger partial charge on any atom is -0.364 e. The molecule has 1 rings (SSSR count). The molecule has 2 nitrogen and oxygen atoms in total.